The summed E-state index contributed by atoms with van der Waals surface area (Å²) < 4.78 is 5.28. The normalized spacial score (nSPS) is 10.9. The summed E-state index contributed by atoms with van der Waals surface area (Å²) in [6.45, 7) is 4.55. The number of anilines is 1. The Balaban J connectivity index is 1.92. The fraction of sp³-hybridized carbons (Fsp3) is 0.211. The van der Waals surface area contributed by atoms with Crippen LogP contribution < -0.4 is 10.9 Å². The fourth-order valence-corrected chi connectivity index (χ4v) is 2.71. The minimum absolute atomic E-state index is 0.350. The first-order valence-electron chi connectivity index (χ1n) is 7.62. The lowest BCUT2D eigenvalue weighted by Crippen LogP contribution is -2.06. The van der Waals surface area contributed by atoms with Gasteiger partial charge in [-0.3, -0.25) is 0 Å². The van der Waals surface area contributed by atoms with Crippen LogP contribution in [0.5, 0.6) is 0 Å². The lowest BCUT2D eigenvalue weighted by molar-refractivity contribution is 0.559. The molecule has 0 aliphatic carbocycles. The molecule has 0 saturated carbocycles. The van der Waals surface area contributed by atoms with Crippen LogP contribution in [0.15, 0.2) is 51.7 Å². The van der Waals surface area contributed by atoms with Crippen LogP contribution in [0.2, 0.25) is 5.02 Å². The quantitative estimate of drug-likeness (QED) is 0.691. The molecular weight excluding hydrogens is 310 g/mol. The molecule has 1 aromatic heterocycles. The largest absolute Gasteiger partial charge is 0.423 e. The summed E-state index contributed by atoms with van der Waals surface area (Å²) in [6, 6.07) is 13.5. The first kappa shape index (κ1) is 15.6. The highest BCUT2D eigenvalue weighted by Gasteiger charge is 2.08. The smallest absolute Gasteiger partial charge is 0.336 e. The van der Waals surface area contributed by atoms with E-state index >= 15 is 0 Å². The Morgan fingerprint density at radius 2 is 1.87 bits per heavy atom. The molecule has 3 rings (SSSR count). The highest BCUT2D eigenvalue weighted by Crippen LogP contribution is 2.25. The molecule has 0 unspecified atom stereocenters. The topological polar surface area (TPSA) is 42.2 Å². The Labute approximate surface area is 139 Å². The molecule has 0 bridgehead atoms. The molecule has 2 aromatic carbocycles. The predicted octanol–water partition coefficient (Wildman–Crippen LogP) is 4.93. The number of nitrogens with one attached hydrogen (secondary N) is 1. The van der Waals surface area contributed by atoms with E-state index in [-0.39, 0.29) is 5.63 Å². The van der Waals surface area contributed by atoms with E-state index in [1.807, 2.05) is 25.1 Å². The van der Waals surface area contributed by atoms with Crippen LogP contribution in [-0.2, 0) is 13.0 Å². The summed E-state index contributed by atoms with van der Waals surface area (Å²) in [7, 11) is 0. The van der Waals surface area contributed by atoms with Crippen LogP contribution in [-0.4, -0.2) is 0 Å². The standard InChI is InChI=1S/C19H18ClNO2/c1-3-13-4-6-15(7-5-13)21-11-14-9-19(22)23-18-8-12(2)17(20)10-16(14)18/h4-10,21H,3,11H2,1-2H3. The first-order chi connectivity index (χ1) is 11.1. The van der Waals surface area contributed by atoms with Gasteiger partial charge in [0.2, 0.25) is 0 Å². The van der Waals surface area contributed by atoms with Crippen molar-refractivity contribution in [2.24, 2.45) is 0 Å². The number of halogens is 1. The van der Waals surface area contributed by atoms with Crippen molar-refractivity contribution < 1.29 is 4.42 Å². The molecule has 0 radical (unpaired) electrons. The molecule has 0 amide bonds. The number of hydrogen-bond donors (Lipinski definition) is 1. The van der Waals surface area contributed by atoms with Crippen molar-refractivity contribution in [1.29, 1.82) is 0 Å². The van der Waals surface area contributed by atoms with Crippen LogP contribution in [0.1, 0.15) is 23.6 Å². The average molecular weight is 328 g/mol. The second kappa shape index (κ2) is 6.47. The molecule has 3 aromatic rings. The third kappa shape index (κ3) is 3.40. The second-order valence-corrected chi connectivity index (χ2v) is 6.00. The van der Waals surface area contributed by atoms with E-state index in [1.54, 1.807) is 6.07 Å². The maximum absolute atomic E-state index is 11.8. The van der Waals surface area contributed by atoms with E-state index in [0.717, 1.165) is 28.6 Å². The second-order valence-electron chi connectivity index (χ2n) is 5.59. The Morgan fingerprint density at radius 1 is 1.13 bits per heavy atom. The average Bonchev–Trinajstić information content (AvgIpc) is 2.55. The van der Waals surface area contributed by atoms with Crippen molar-refractivity contribution in [3.05, 3.63) is 74.6 Å². The summed E-state index contributed by atoms with van der Waals surface area (Å²) >= 11 is 6.21. The van der Waals surface area contributed by atoms with Gasteiger partial charge in [0.1, 0.15) is 5.58 Å². The minimum atomic E-state index is -0.350. The van der Waals surface area contributed by atoms with Gasteiger partial charge < -0.3 is 9.73 Å². The van der Waals surface area contributed by atoms with Gasteiger partial charge in [0, 0.05) is 28.7 Å². The van der Waals surface area contributed by atoms with Gasteiger partial charge in [-0.25, -0.2) is 4.79 Å². The number of rotatable bonds is 4. The maximum Gasteiger partial charge on any atom is 0.336 e. The minimum Gasteiger partial charge on any atom is -0.423 e. The van der Waals surface area contributed by atoms with Crippen molar-refractivity contribution in [2.45, 2.75) is 26.8 Å². The van der Waals surface area contributed by atoms with Crippen LogP contribution in [0, 0.1) is 6.92 Å². The fourth-order valence-electron chi connectivity index (χ4n) is 2.55. The van der Waals surface area contributed by atoms with Gasteiger partial charge >= 0.3 is 5.63 Å². The molecule has 23 heavy (non-hydrogen) atoms. The van der Waals surface area contributed by atoms with Crippen LogP contribution in [0.3, 0.4) is 0 Å². The molecule has 0 atom stereocenters. The Bertz CT molecular complexity index is 898. The SMILES string of the molecule is CCc1ccc(NCc2cc(=O)oc3cc(C)c(Cl)cc23)cc1. The molecule has 0 saturated heterocycles. The highest BCUT2D eigenvalue weighted by molar-refractivity contribution is 6.32. The Kier molecular flexibility index (Phi) is 4.39. The van der Waals surface area contributed by atoms with Gasteiger partial charge in [-0.05, 0) is 54.3 Å². The van der Waals surface area contributed by atoms with Crippen molar-refractivity contribution in [3.8, 4) is 0 Å². The van der Waals surface area contributed by atoms with Crippen LogP contribution >= 0.6 is 11.6 Å². The molecule has 4 heteroatoms. The van der Waals surface area contributed by atoms with Gasteiger partial charge in [0.05, 0.1) is 0 Å². The van der Waals surface area contributed by atoms with Crippen LogP contribution in [0.4, 0.5) is 5.69 Å². The molecule has 118 valence electrons. The monoisotopic (exact) mass is 327 g/mol. The van der Waals surface area contributed by atoms with Crippen molar-refractivity contribution in [1.82, 2.24) is 0 Å². The Morgan fingerprint density at radius 3 is 2.57 bits per heavy atom. The predicted molar refractivity (Wildman–Crippen MR) is 95.4 cm³/mol. The van der Waals surface area contributed by atoms with E-state index in [0.29, 0.717) is 17.2 Å². The first-order valence-corrected chi connectivity index (χ1v) is 8.00. The number of aryl methyl sites for hydroxylation is 2. The molecule has 3 nitrogen and oxygen atoms in total. The zero-order valence-electron chi connectivity index (χ0n) is 13.2. The van der Waals surface area contributed by atoms with E-state index in [4.69, 9.17) is 16.0 Å². The van der Waals surface area contributed by atoms with Gasteiger partial charge in [-0.15, -0.1) is 0 Å². The van der Waals surface area contributed by atoms with Gasteiger partial charge in [-0.2, -0.15) is 0 Å². The summed E-state index contributed by atoms with van der Waals surface area (Å²) in [5.74, 6) is 0. The summed E-state index contributed by atoms with van der Waals surface area (Å²) in [4.78, 5) is 11.8. The molecule has 0 spiro atoms. The van der Waals surface area contributed by atoms with Gasteiger partial charge in [0.15, 0.2) is 0 Å². The number of hydrogen-bond acceptors (Lipinski definition) is 3. The molecule has 0 fully saturated rings. The third-order valence-corrected chi connectivity index (χ3v) is 4.36. The zero-order valence-corrected chi connectivity index (χ0v) is 13.9. The Hall–Kier alpha value is -2.26. The van der Waals surface area contributed by atoms with Crippen LogP contribution in [0.25, 0.3) is 11.0 Å². The number of benzene rings is 2. The molecule has 1 N–H and O–H groups in total. The lowest BCUT2D eigenvalue weighted by Gasteiger charge is -2.10. The molecule has 0 aliphatic heterocycles. The van der Waals surface area contributed by atoms with Crippen molar-refractivity contribution in [2.75, 3.05) is 5.32 Å². The van der Waals surface area contributed by atoms with Crippen molar-refractivity contribution >= 4 is 28.3 Å². The molecule has 1 heterocycles. The van der Waals surface area contributed by atoms with Crippen molar-refractivity contribution in [3.63, 3.8) is 0 Å². The van der Waals surface area contributed by atoms with E-state index < -0.39 is 0 Å². The number of fused-ring (bicyclic) bond motifs is 1. The zero-order chi connectivity index (χ0) is 16.4. The summed E-state index contributed by atoms with van der Waals surface area (Å²) in [5, 5.41) is 4.87. The van der Waals surface area contributed by atoms with E-state index in [1.165, 1.54) is 11.6 Å². The van der Waals surface area contributed by atoms with Gasteiger partial charge in [0.25, 0.3) is 0 Å². The van der Waals surface area contributed by atoms with E-state index in [9.17, 15) is 4.79 Å². The maximum atomic E-state index is 11.8. The van der Waals surface area contributed by atoms with Gasteiger partial charge in [-0.1, -0.05) is 30.7 Å². The molecule has 0 aliphatic rings. The third-order valence-electron chi connectivity index (χ3n) is 3.95. The highest BCUT2D eigenvalue weighted by atomic mass is 35.5. The molecular formula is C19H18ClNO2. The summed E-state index contributed by atoms with van der Waals surface area (Å²) in [6.07, 6.45) is 1.02. The lowest BCUT2D eigenvalue weighted by atomic mass is 10.1. The summed E-state index contributed by atoms with van der Waals surface area (Å²) in [5.41, 5.74) is 4.29. The van der Waals surface area contributed by atoms with E-state index in [2.05, 4.69) is 24.4 Å².